The Kier molecular flexibility index (Phi) is 5.21. The van der Waals surface area contributed by atoms with Crippen LogP contribution in [0.2, 0.25) is 0 Å². The highest BCUT2D eigenvalue weighted by molar-refractivity contribution is 5.63. The van der Waals surface area contributed by atoms with E-state index in [0.717, 1.165) is 30.8 Å². The molecule has 110 valence electrons. The smallest absolute Gasteiger partial charge is 0.273 e. The van der Waals surface area contributed by atoms with E-state index in [2.05, 4.69) is 10.6 Å². The first-order valence-corrected chi connectivity index (χ1v) is 7.49. The van der Waals surface area contributed by atoms with Crippen molar-refractivity contribution in [3.05, 3.63) is 28.3 Å². The lowest BCUT2D eigenvalue weighted by molar-refractivity contribution is -0.384. The van der Waals surface area contributed by atoms with Crippen molar-refractivity contribution in [1.29, 1.82) is 0 Å². The number of nitrogens with zero attached hydrogens (tertiary/aromatic N) is 1. The van der Waals surface area contributed by atoms with Gasteiger partial charge in [-0.3, -0.25) is 10.1 Å². The van der Waals surface area contributed by atoms with Crippen molar-refractivity contribution in [1.82, 2.24) is 0 Å². The molecule has 0 amide bonds. The lowest BCUT2D eigenvalue weighted by atomic mass is 10.1. The van der Waals surface area contributed by atoms with Crippen LogP contribution in [0.5, 0.6) is 0 Å². The highest BCUT2D eigenvalue weighted by Gasteiger charge is 2.15. The van der Waals surface area contributed by atoms with Gasteiger partial charge < -0.3 is 10.6 Å². The van der Waals surface area contributed by atoms with E-state index in [1.807, 2.05) is 13.0 Å². The van der Waals surface area contributed by atoms with E-state index in [4.69, 9.17) is 0 Å². The predicted molar refractivity (Wildman–Crippen MR) is 82.4 cm³/mol. The number of anilines is 2. The molecule has 0 radical (unpaired) electrons. The van der Waals surface area contributed by atoms with Crippen LogP contribution in [0.25, 0.3) is 0 Å². The van der Waals surface area contributed by atoms with Gasteiger partial charge in [0.1, 0.15) is 0 Å². The number of rotatable bonds is 5. The molecule has 1 aliphatic rings. The molecule has 2 rings (SSSR count). The standard InChI is InChI=1S/C15H23N3O2/c1-2-16-13-9-14(11-15(10-13)18(19)20)17-12-7-5-3-4-6-8-12/h9-12,16-17H,2-8H2,1H3. The van der Waals surface area contributed by atoms with Gasteiger partial charge in [-0.1, -0.05) is 25.7 Å². The number of nitro groups is 1. The minimum Gasteiger partial charge on any atom is -0.385 e. The first-order valence-electron chi connectivity index (χ1n) is 7.49. The minimum atomic E-state index is -0.334. The van der Waals surface area contributed by atoms with Crippen molar-refractivity contribution in [3.63, 3.8) is 0 Å². The second kappa shape index (κ2) is 7.12. The molecule has 0 aliphatic heterocycles. The van der Waals surface area contributed by atoms with E-state index in [1.54, 1.807) is 12.1 Å². The zero-order chi connectivity index (χ0) is 14.4. The van der Waals surface area contributed by atoms with Gasteiger partial charge in [-0.05, 0) is 25.8 Å². The third-order valence-electron chi connectivity index (χ3n) is 3.74. The molecule has 0 unspecified atom stereocenters. The Morgan fingerprint density at radius 1 is 1.15 bits per heavy atom. The Morgan fingerprint density at radius 2 is 1.80 bits per heavy atom. The van der Waals surface area contributed by atoms with E-state index < -0.39 is 0 Å². The fourth-order valence-corrected chi connectivity index (χ4v) is 2.77. The number of non-ortho nitro benzene ring substituents is 1. The molecule has 0 heterocycles. The highest BCUT2D eigenvalue weighted by Crippen LogP contribution is 2.27. The van der Waals surface area contributed by atoms with Crippen molar-refractivity contribution in [2.24, 2.45) is 0 Å². The molecule has 0 bridgehead atoms. The van der Waals surface area contributed by atoms with Crippen LogP contribution in [0.4, 0.5) is 17.1 Å². The Bertz CT molecular complexity index is 454. The van der Waals surface area contributed by atoms with Gasteiger partial charge in [0.25, 0.3) is 5.69 Å². The van der Waals surface area contributed by atoms with Crippen molar-refractivity contribution in [3.8, 4) is 0 Å². The fourth-order valence-electron chi connectivity index (χ4n) is 2.77. The van der Waals surface area contributed by atoms with Gasteiger partial charge in [0.2, 0.25) is 0 Å². The summed E-state index contributed by atoms with van der Waals surface area (Å²) in [7, 11) is 0. The summed E-state index contributed by atoms with van der Waals surface area (Å²) in [6.07, 6.45) is 7.39. The summed E-state index contributed by atoms with van der Waals surface area (Å²) in [5, 5.41) is 17.6. The maximum Gasteiger partial charge on any atom is 0.273 e. The Labute approximate surface area is 119 Å². The van der Waals surface area contributed by atoms with E-state index >= 15 is 0 Å². The molecule has 1 aromatic carbocycles. The van der Waals surface area contributed by atoms with Gasteiger partial charge >= 0.3 is 0 Å². The number of hydrogen-bond donors (Lipinski definition) is 2. The molecular formula is C15H23N3O2. The first-order chi connectivity index (χ1) is 9.69. The molecule has 0 aromatic heterocycles. The summed E-state index contributed by atoms with van der Waals surface area (Å²) in [6.45, 7) is 2.74. The van der Waals surface area contributed by atoms with Crippen molar-refractivity contribution in [2.75, 3.05) is 17.2 Å². The van der Waals surface area contributed by atoms with Crippen LogP contribution in [0.15, 0.2) is 18.2 Å². The van der Waals surface area contributed by atoms with Crippen molar-refractivity contribution in [2.45, 2.75) is 51.5 Å². The molecule has 0 saturated heterocycles. The van der Waals surface area contributed by atoms with Gasteiger partial charge in [-0.15, -0.1) is 0 Å². The number of benzene rings is 1. The molecule has 1 fully saturated rings. The molecule has 2 N–H and O–H groups in total. The van der Waals surface area contributed by atoms with Crippen LogP contribution >= 0.6 is 0 Å². The molecular weight excluding hydrogens is 254 g/mol. The maximum atomic E-state index is 11.0. The molecule has 5 heteroatoms. The average molecular weight is 277 g/mol. The SMILES string of the molecule is CCNc1cc(NC2CCCCCC2)cc([N+](=O)[O-])c1. The predicted octanol–water partition coefficient (Wildman–Crippen LogP) is 4.16. The zero-order valence-corrected chi connectivity index (χ0v) is 12.0. The zero-order valence-electron chi connectivity index (χ0n) is 12.0. The highest BCUT2D eigenvalue weighted by atomic mass is 16.6. The summed E-state index contributed by atoms with van der Waals surface area (Å²) >= 11 is 0. The maximum absolute atomic E-state index is 11.0. The molecule has 20 heavy (non-hydrogen) atoms. The van der Waals surface area contributed by atoms with Crippen molar-refractivity contribution < 1.29 is 4.92 Å². The topological polar surface area (TPSA) is 67.2 Å². The van der Waals surface area contributed by atoms with Crippen LogP contribution in [-0.4, -0.2) is 17.5 Å². The third kappa shape index (κ3) is 4.11. The Morgan fingerprint density at radius 3 is 2.40 bits per heavy atom. The van der Waals surface area contributed by atoms with Crippen LogP contribution in [0.1, 0.15) is 45.4 Å². The molecule has 5 nitrogen and oxygen atoms in total. The molecule has 1 aliphatic carbocycles. The fraction of sp³-hybridized carbons (Fsp3) is 0.600. The Balaban J connectivity index is 2.14. The van der Waals surface area contributed by atoms with Gasteiger partial charge in [-0.25, -0.2) is 0 Å². The lowest BCUT2D eigenvalue weighted by Crippen LogP contribution is -2.18. The molecule has 1 aromatic rings. The van der Waals surface area contributed by atoms with Crippen molar-refractivity contribution >= 4 is 17.1 Å². The van der Waals surface area contributed by atoms with E-state index in [1.165, 1.54) is 25.7 Å². The largest absolute Gasteiger partial charge is 0.385 e. The second-order valence-corrected chi connectivity index (χ2v) is 5.39. The first kappa shape index (κ1) is 14.6. The van der Waals surface area contributed by atoms with Crippen LogP contribution in [-0.2, 0) is 0 Å². The lowest BCUT2D eigenvalue weighted by Gasteiger charge is -2.18. The van der Waals surface area contributed by atoms with E-state index in [0.29, 0.717) is 6.04 Å². The van der Waals surface area contributed by atoms with E-state index in [-0.39, 0.29) is 10.6 Å². The van der Waals surface area contributed by atoms with Crippen LogP contribution < -0.4 is 10.6 Å². The summed E-state index contributed by atoms with van der Waals surface area (Å²) < 4.78 is 0. The summed E-state index contributed by atoms with van der Waals surface area (Å²) in [5.41, 5.74) is 1.79. The number of nitro benzene ring substituents is 1. The number of hydrogen-bond acceptors (Lipinski definition) is 4. The van der Waals surface area contributed by atoms with Crippen LogP contribution in [0.3, 0.4) is 0 Å². The number of nitrogens with one attached hydrogen (secondary N) is 2. The average Bonchev–Trinajstić information content (AvgIpc) is 2.67. The minimum absolute atomic E-state index is 0.138. The third-order valence-corrected chi connectivity index (χ3v) is 3.74. The second-order valence-electron chi connectivity index (χ2n) is 5.39. The van der Waals surface area contributed by atoms with Gasteiger partial charge in [0.05, 0.1) is 4.92 Å². The monoisotopic (exact) mass is 277 g/mol. The van der Waals surface area contributed by atoms with Gasteiger partial charge in [0.15, 0.2) is 0 Å². The molecule has 0 atom stereocenters. The normalized spacial score (nSPS) is 16.4. The summed E-state index contributed by atoms with van der Waals surface area (Å²) in [4.78, 5) is 10.7. The van der Waals surface area contributed by atoms with Gasteiger partial charge in [0, 0.05) is 36.1 Å². The van der Waals surface area contributed by atoms with Gasteiger partial charge in [-0.2, -0.15) is 0 Å². The quantitative estimate of drug-likeness (QED) is 0.482. The Hall–Kier alpha value is -1.78. The van der Waals surface area contributed by atoms with E-state index in [9.17, 15) is 10.1 Å². The van der Waals surface area contributed by atoms with Crippen LogP contribution in [0, 0.1) is 10.1 Å². The summed E-state index contributed by atoms with van der Waals surface area (Å²) in [5.74, 6) is 0. The summed E-state index contributed by atoms with van der Waals surface area (Å²) in [6, 6.07) is 5.61. The molecule has 1 saturated carbocycles. The molecule has 0 spiro atoms.